The highest BCUT2D eigenvalue weighted by Gasteiger charge is 2.08. The lowest BCUT2D eigenvalue weighted by molar-refractivity contribution is 0.0954. The number of benzene rings is 1. The summed E-state index contributed by atoms with van der Waals surface area (Å²) in [6, 6.07) is 4.87. The molecule has 0 aliphatic heterocycles. The van der Waals surface area contributed by atoms with E-state index in [0.717, 1.165) is 0 Å². The second kappa shape index (κ2) is 5.65. The number of carbonyl (C=O) groups is 1. The van der Waals surface area contributed by atoms with Gasteiger partial charge < -0.3 is 16.8 Å². The summed E-state index contributed by atoms with van der Waals surface area (Å²) in [6.45, 7) is 2.69. The van der Waals surface area contributed by atoms with Gasteiger partial charge in [-0.3, -0.25) is 4.79 Å². The minimum absolute atomic E-state index is 0.139. The van der Waals surface area contributed by atoms with Gasteiger partial charge in [-0.1, -0.05) is 6.92 Å². The Labute approximate surface area is 99.8 Å². The zero-order valence-electron chi connectivity index (χ0n) is 9.49. The maximum absolute atomic E-state index is 11.7. The summed E-state index contributed by atoms with van der Waals surface area (Å²) >= 11 is 1.70. The number of rotatable bonds is 4. The topological polar surface area (TPSA) is 81.1 Å². The van der Waals surface area contributed by atoms with Crippen LogP contribution in [0.4, 0.5) is 11.4 Å². The maximum atomic E-state index is 11.7. The largest absolute Gasteiger partial charge is 0.399 e. The first kappa shape index (κ1) is 12.7. The second-order valence-corrected chi connectivity index (χ2v) is 4.92. The van der Waals surface area contributed by atoms with Crippen molar-refractivity contribution in [2.75, 3.05) is 24.3 Å². The predicted molar refractivity (Wildman–Crippen MR) is 70.6 cm³/mol. The summed E-state index contributed by atoms with van der Waals surface area (Å²) < 4.78 is 0. The van der Waals surface area contributed by atoms with Crippen LogP contribution in [0, 0.1) is 0 Å². The Morgan fingerprint density at radius 3 is 2.44 bits per heavy atom. The molecule has 1 aromatic carbocycles. The van der Waals surface area contributed by atoms with E-state index in [1.165, 1.54) is 0 Å². The molecule has 0 aromatic heterocycles. The second-order valence-electron chi connectivity index (χ2n) is 3.64. The van der Waals surface area contributed by atoms with E-state index in [1.54, 1.807) is 30.0 Å². The lowest BCUT2D eigenvalue weighted by Crippen LogP contribution is -2.29. The zero-order chi connectivity index (χ0) is 12.1. The van der Waals surface area contributed by atoms with Crippen molar-refractivity contribution in [2.24, 2.45) is 0 Å². The van der Waals surface area contributed by atoms with Crippen LogP contribution in [-0.2, 0) is 0 Å². The van der Waals surface area contributed by atoms with Crippen LogP contribution >= 0.6 is 11.8 Å². The number of carbonyl (C=O) groups excluding carboxylic acids is 1. The number of nitrogens with one attached hydrogen (secondary N) is 1. The molecule has 5 heteroatoms. The highest BCUT2D eigenvalue weighted by atomic mass is 32.2. The predicted octanol–water partition coefficient (Wildman–Crippen LogP) is 1.33. The Morgan fingerprint density at radius 1 is 1.38 bits per heavy atom. The van der Waals surface area contributed by atoms with E-state index >= 15 is 0 Å². The monoisotopic (exact) mass is 239 g/mol. The fraction of sp³-hybridized carbons (Fsp3) is 0.364. The van der Waals surface area contributed by atoms with Gasteiger partial charge in [-0.2, -0.15) is 11.8 Å². The van der Waals surface area contributed by atoms with Gasteiger partial charge >= 0.3 is 0 Å². The average Bonchev–Trinajstić information content (AvgIpc) is 2.23. The smallest absolute Gasteiger partial charge is 0.251 e. The fourth-order valence-electron chi connectivity index (χ4n) is 1.23. The highest BCUT2D eigenvalue weighted by molar-refractivity contribution is 7.99. The summed E-state index contributed by atoms with van der Waals surface area (Å²) in [6.07, 6.45) is 2.01. The number of hydrogen-bond donors (Lipinski definition) is 3. The van der Waals surface area contributed by atoms with Crippen LogP contribution in [0.15, 0.2) is 18.2 Å². The quantitative estimate of drug-likeness (QED) is 0.692. The Morgan fingerprint density at radius 2 is 1.94 bits per heavy atom. The molecule has 1 amide bonds. The van der Waals surface area contributed by atoms with Gasteiger partial charge in [0.15, 0.2) is 0 Å². The molecule has 0 aliphatic carbocycles. The minimum atomic E-state index is -0.139. The number of hydrogen-bond acceptors (Lipinski definition) is 4. The van der Waals surface area contributed by atoms with Crippen LogP contribution in [0.1, 0.15) is 17.3 Å². The molecule has 0 radical (unpaired) electrons. The highest BCUT2D eigenvalue weighted by Crippen LogP contribution is 2.13. The van der Waals surface area contributed by atoms with Crippen LogP contribution in [-0.4, -0.2) is 24.0 Å². The first-order chi connectivity index (χ1) is 7.52. The number of thioether (sulfide) groups is 1. The minimum Gasteiger partial charge on any atom is -0.399 e. The molecule has 0 fully saturated rings. The first-order valence-electron chi connectivity index (χ1n) is 5.00. The van der Waals surface area contributed by atoms with Crippen LogP contribution in [0.5, 0.6) is 0 Å². The van der Waals surface area contributed by atoms with Crippen molar-refractivity contribution in [3.05, 3.63) is 23.8 Å². The van der Waals surface area contributed by atoms with Gasteiger partial charge in [0.2, 0.25) is 0 Å². The standard InChI is InChI=1S/C11H17N3OS/c1-7(16-2)6-14-11(15)8-3-9(12)5-10(13)4-8/h3-5,7H,6,12-13H2,1-2H3,(H,14,15). The molecule has 0 spiro atoms. The summed E-state index contributed by atoms with van der Waals surface area (Å²) in [5.74, 6) is -0.139. The van der Waals surface area contributed by atoms with Gasteiger partial charge in [-0.25, -0.2) is 0 Å². The van der Waals surface area contributed by atoms with Gasteiger partial charge in [-0.15, -0.1) is 0 Å². The molecule has 0 aliphatic rings. The van der Waals surface area contributed by atoms with Gasteiger partial charge in [0.1, 0.15) is 0 Å². The molecule has 1 aromatic rings. The molecule has 88 valence electrons. The van der Waals surface area contributed by atoms with Gasteiger partial charge in [0, 0.05) is 28.7 Å². The summed E-state index contributed by atoms with van der Waals surface area (Å²) in [4.78, 5) is 11.7. The summed E-state index contributed by atoms with van der Waals surface area (Å²) in [5.41, 5.74) is 12.7. The van der Waals surface area contributed by atoms with Crippen molar-refractivity contribution in [3.8, 4) is 0 Å². The van der Waals surface area contributed by atoms with Gasteiger partial charge in [-0.05, 0) is 24.5 Å². The molecule has 1 atom stereocenters. The Kier molecular flexibility index (Phi) is 4.49. The lowest BCUT2D eigenvalue weighted by atomic mass is 10.1. The lowest BCUT2D eigenvalue weighted by Gasteiger charge is -2.10. The van der Waals surface area contributed by atoms with Crippen molar-refractivity contribution >= 4 is 29.0 Å². The third-order valence-corrected chi connectivity index (χ3v) is 3.16. The van der Waals surface area contributed by atoms with Crippen molar-refractivity contribution in [2.45, 2.75) is 12.2 Å². The zero-order valence-corrected chi connectivity index (χ0v) is 10.3. The number of anilines is 2. The van der Waals surface area contributed by atoms with E-state index < -0.39 is 0 Å². The van der Waals surface area contributed by atoms with Crippen LogP contribution in [0.25, 0.3) is 0 Å². The molecular weight excluding hydrogens is 222 g/mol. The van der Waals surface area contributed by atoms with Gasteiger partial charge in [0.25, 0.3) is 5.91 Å². The Bertz CT molecular complexity index is 361. The average molecular weight is 239 g/mol. The summed E-state index contributed by atoms with van der Waals surface area (Å²) in [5, 5.41) is 3.22. The Balaban J connectivity index is 2.66. The fourth-order valence-corrected chi connectivity index (χ4v) is 1.48. The summed E-state index contributed by atoms with van der Waals surface area (Å²) in [7, 11) is 0. The number of nitrogens with two attached hydrogens (primary N) is 2. The molecule has 5 N–H and O–H groups in total. The third-order valence-electron chi connectivity index (χ3n) is 2.19. The molecule has 16 heavy (non-hydrogen) atoms. The van der Waals surface area contributed by atoms with E-state index in [-0.39, 0.29) is 5.91 Å². The van der Waals surface area contributed by atoms with Gasteiger partial charge in [0.05, 0.1) is 0 Å². The van der Waals surface area contributed by atoms with Crippen molar-refractivity contribution < 1.29 is 4.79 Å². The molecular formula is C11H17N3OS. The molecule has 4 nitrogen and oxygen atoms in total. The normalized spacial score (nSPS) is 12.1. The van der Waals surface area contributed by atoms with Crippen molar-refractivity contribution in [1.29, 1.82) is 0 Å². The third kappa shape index (κ3) is 3.66. The van der Waals surface area contributed by atoms with E-state index in [1.807, 2.05) is 6.26 Å². The van der Waals surface area contributed by atoms with E-state index in [0.29, 0.717) is 28.7 Å². The van der Waals surface area contributed by atoms with Crippen LogP contribution < -0.4 is 16.8 Å². The number of amides is 1. The van der Waals surface area contributed by atoms with E-state index in [9.17, 15) is 4.79 Å². The SMILES string of the molecule is CSC(C)CNC(=O)c1cc(N)cc(N)c1. The molecule has 0 heterocycles. The van der Waals surface area contributed by atoms with E-state index in [4.69, 9.17) is 11.5 Å². The molecule has 0 bridgehead atoms. The number of nitrogen functional groups attached to an aromatic ring is 2. The van der Waals surface area contributed by atoms with Crippen molar-refractivity contribution in [3.63, 3.8) is 0 Å². The molecule has 0 saturated carbocycles. The van der Waals surface area contributed by atoms with Crippen molar-refractivity contribution in [1.82, 2.24) is 5.32 Å². The molecule has 1 rings (SSSR count). The molecule has 0 saturated heterocycles. The van der Waals surface area contributed by atoms with Crippen LogP contribution in [0.3, 0.4) is 0 Å². The molecule has 1 unspecified atom stereocenters. The first-order valence-corrected chi connectivity index (χ1v) is 6.28. The van der Waals surface area contributed by atoms with Crippen LogP contribution in [0.2, 0.25) is 0 Å². The Hall–Kier alpha value is -1.36. The maximum Gasteiger partial charge on any atom is 0.251 e. The van der Waals surface area contributed by atoms with E-state index in [2.05, 4.69) is 12.2 Å².